The smallest absolute Gasteiger partial charge is 0.0451 e. The molecule has 2 heteroatoms. The molecule has 0 N–H and O–H groups in total. The lowest BCUT2D eigenvalue weighted by Crippen LogP contribution is -2.19. The van der Waals surface area contributed by atoms with E-state index in [2.05, 4.69) is 18.0 Å². The first-order valence-corrected chi connectivity index (χ1v) is 5.09. The minimum Gasteiger partial charge on any atom is -0.299 e. The number of benzene rings is 1. The monoisotopic (exact) mass is 195 g/mol. The van der Waals surface area contributed by atoms with Crippen molar-refractivity contribution in [3.63, 3.8) is 0 Å². The molecule has 0 bridgehead atoms. The van der Waals surface area contributed by atoms with E-state index in [1.54, 1.807) is 0 Å². The lowest BCUT2D eigenvalue weighted by Gasteiger charge is -2.16. The predicted molar refractivity (Wildman–Crippen MR) is 55.9 cm³/mol. The summed E-state index contributed by atoms with van der Waals surface area (Å²) in [5.41, 5.74) is 1.23. The second-order valence-corrected chi connectivity index (χ2v) is 4.14. The van der Waals surface area contributed by atoms with Crippen LogP contribution in [-0.2, 0) is 6.54 Å². The van der Waals surface area contributed by atoms with Crippen molar-refractivity contribution in [2.75, 3.05) is 7.05 Å². The lowest BCUT2D eigenvalue weighted by atomic mass is 10.2. The van der Waals surface area contributed by atoms with Crippen LogP contribution in [0.4, 0.5) is 0 Å². The van der Waals surface area contributed by atoms with Crippen LogP contribution in [0.5, 0.6) is 0 Å². The van der Waals surface area contributed by atoms with E-state index in [9.17, 15) is 0 Å². The Kier molecular flexibility index (Phi) is 2.56. The normalized spacial score (nSPS) is 16.5. The zero-order chi connectivity index (χ0) is 9.26. The van der Waals surface area contributed by atoms with Gasteiger partial charge >= 0.3 is 0 Å². The third-order valence-corrected chi connectivity index (χ3v) is 2.92. The van der Waals surface area contributed by atoms with Crippen molar-refractivity contribution >= 4 is 11.6 Å². The first-order chi connectivity index (χ1) is 6.27. The van der Waals surface area contributed by atoms with Gasteiger partial charge in [-0.2, -0.15) is 0 Å². The van der Waals surface area contributed by atoms with Gasteiger partial charge in [-0.15, -0.1) is 0 Å². The van der Waals surface area contributed by atoms with Gasteiger partial charge in [-0.05, 0) is 31.5 Å². The van der Waals surface area contributed by atoms with Crippen LogP contribution in [0.2, 0.25) is 5.02 Å². The second kappa shape index (κ2) is 3.69. The maximum Gasteiger partial charge on any atom is 0.0451 e. The van der Waals surface area contributed by atoms with E-state index >= 15 is 0 Å². The van der Waals surface area contributed by atoms with Crippen LogP contribution >= 0.6 is 11.6 Å². The number of hydrogen-bond donors (Lipinski definition) is 0. The van der Waals surface area contributed by atoms with Gasteiger partial charge in [0, 0.05) is 17.6 Å². The van der Waals surface area contributed by atoms with Gasteiger partial charge in [0.15, 0.2) is 0 Å². The van der Waals surface area contributed by atoms with Crippen LogP contribution in [0.3, 0.4) is 0 Å². The van der Waals surface area contributed by atoms with E-state index in [1.807, 2.05) is 18.2 Å². The van der Waals surface area contributed by atoms with Crippen LogP contribution in [0.1, 0.15) is 18.4 Å². The molecule has 13 heavy (non-hydrogen) atoms. The van der Waals surface area contributed by atoms with Crippen molar-refractivity contribution in [2.45, 2.75) is 25.4 Å². The molecule has 1 aromatic carbocycles. The quantitative estimate of drug-likeness (QED) is 0.717. The van der Waals surface area contributed by atoms with E-state index in [4.69, 9.17) is 11.6 Å². The van der Waals surface area contributed by atoms with Crippen LogP contribution in [0.15, 0.2) is 24.3 Å². The summed E-state index contributed by atoms with van der Waals surface area (Å²) in [6.45, 7) is 0.977. The Bertz CT molecular complexity index is 294. The molecule has 0 unspecified atom stereocenters. The fourth-order valence-electron chi connectivity index (χ4n) is 1.54. The number of hydrogen-bond acceptors (Lipinski definition) is 1. The Morgan fingerprint density at radius 3 is 2.69 bits per heavy atom. The highest BCUT2D eigenvalue weighted by Crippen LogP contribution is 2.27. The molecule has 0 spiro atoms. The Morgan fingerprint density at radius 1 is 1.38 bits per heavy atom. The van der Waals surface area contributed by atoms with Crippen molar-refractivity contribution in [1.29, 1.82) is 0 Å². The highest BCUT2D eigenvalue weighted by Gasteiger charge is 2.26. The molecule has 0 heterocycles. The zero-order valence-electron chi connectivity index (χ0n) is 7.83. The summed E-state index contributed by atoms with van der Waals surface area (Å²) in [5.74, 6) is 0. The van der Waals surface area contributed by atoms with E-state index in [0.717, 1.165) is 17.6 Å². The summed E-state index contributed by atoms with van der Waals surface area (Å²) in [7, 11) is 2.17. The summed E-state index contributed by atoms with van der Waals surface area (Å²) in [4.78, 5) is 2.38. The largest absolute Gasteiger partial charge is 0.299 e. The highest BCUT2D eigenvalue weighted by molar-refractivity contribution is 6.31. The molecule has 1 saturated carbocycles. The molecular weight excluding hydrogens is 182 g/mol. The summed E-state index contributed by atoms with van der Waals surface area (Å²) in [5, 5.41) is 0.884. The second-order valence-electron chi connectivity index (χ2n) is 3.74. The van der Waals surface area contributed by atoms with Crippen molar-refractivity contribution in [2.24, 2.45) is 0 Å². The summed E-state index contributed by atoms with van der Waals surface area (Å²) in [6.07, 6.45) is 2.70. The van der Waals surface area contributed by atoms with E-state index in [0.29, 0.717) is 0 Å². The molecule has 0 amide bonds. The van der Waals surface area contributed by atoms with Crippen LogP contribution in [0, 0.1) is 0 Å². The summed E-state index contributed by atoms with van der Waals surface area (Å²) < 4.78 is 0. The average Bonchev–Trinajstić information content (AvgIpc) is 2.91. The first kappa shape index (κ1) is 9.04. The van der Waals surface area contributed by atoms with Gasteiger partial charge in [-0.3, -0.25) is 4.90 Å². The standard InChI is InChI=1S/C11H14ClN/c1-13(10-6-7-10)8-9-4-2-3-5-11(9)12/h2-5,10H,6-8H2,1H3. The molecule has 0 radical (unpaired) electrons. The van der Waals surface area contributed by atoms with Crippen LogP contribution in [-0.4, -0.2) is 18.0 Å². The molecule has 0 atom stereocenters. The van der Waals surface area contributed by atoms with Gasteiger partial charge < -0.3 is 0 Å². The van der Waals surface area contributed by atoms with E-state index in [1.165, 1.54) is 18.4 Å². The number of nitrogens with zero attached hydrogens (tertiary/aromatic N) is 1. The number of halogens is 1. The third kappa shape index (κ3) is 2.23. The molecule has 1 fully saturated rings. The fraction of sp³-hybridized carbons (Fsp3) is 0.455. The molecule has 2 rings (SSSR count). The van der Waals surface area contributed by atoms with Crippen LogP contribution < -0.4 is 0 Å². The van der Waals surface area contributed by atoms with Gasteiger partial charge in [0.25, 0.3) is 0 Å². The summed E-state index contributed by atoms with van der Waals surface area (Å²) >= 11 is 6.07. The SMILES string of the molecule is CN(Cc1ccccc1Cl)C1CC1. The Labute approximate surface area is 84.3 Å². The van der Waals surface area contributed by atoms with Crippen molar-refractivity contribution < 1.29 is 0 Å². The topological polar surface area (TPSA) is 3.24 Å². The van der Waals surface area contributed by atoms with E-state index < -0.39 is 0 Å². The van der Waals surface area contributed by atoms with Gasteiger partial charge in [0.05, 0.1) is 0 Å². The average molecular weight is 196 g/mol. The fourth-order valence-corrected chi connectivity index (χ4v) is 1.74. The molecule has 1 aliphatic rings. The molecule has 0 aliphatic heterocycles. The molecule has 1 aliphatic carbocycles. The molecule has 1 nitrogen and oxygen atoms in total. The number of rotatable bonds is 3. The van der Waals surface area contributed by atoms with Crippen molar-refractivity contribution in [3.05, 3.63) is 34.9 Å². The predicted octanol–water partition coefficient (Wildman–Crippen LogP) is 2.93. The van der Waals surface area contributed by atoms with Crippen molar-refractivity contribution in [1.82, 2.24) is 4.90 Å². The zero-order valence-corrected chi connectivity index (χ0v) is 8.59. The lowest BCUT2D eigenvalue weighted by molar-refractivity contribution is 0.316. The summed E-state index contributed by atoms with van der Waals surface area (Å²) in [6, 6.07) is 8.88. The van der Waals surface area contributed by atoms with Gasteiger partial charge in [0.1, 0.15) is 0 Å². The molecule has 0 aromatic heterocycles. The third-order valence-electron chi connectivity index (χ3n) is 2.55. The molecule has 1 aromatic rings. The van der Waals surface area contributed by atoms with E-state index in [-0.39, 0.29) is 0 Å². The highest BCUT2D eigenvalue weighted by atomic mass is 35.5. The van der Waals surface area contributed by atoms with Gasteiger partial charge in [-0.1, -0.05) is 29.8 Å². The minimum absolute atomic E-state index is 0.802. The Morgan fingerprint density at radius 2 is 2.08 bits per heavy atom. The molecular formula is C11H14ClN. The minimum atomic E-state index is 0.802. The van der Waals surface area contributed by atoms with Crippen LogP contribution in [0.25, 0.3) is 0 Å². The van der Waals surface area contributed by atoms with Crippen molar-refractivity contribution in [3.8, 4) is 0 Å². The molecule has 0 saturated heterocycles. The Hall–Kier alpha value is -0.530. The first-order valence-electron chi connectivity index (χ1n) is 4.71. The van der Waals surface area contributed by atoms with Gasteiger partial charge in [0.2, 0.25) is 0 Å². The van der Waals surface area contributed by atoms with Gasteiger partial charge in [-0.25, -0.2) is 0 Å². The maximum atomic E-state index is 6.07. The Balaban J connectivity index is 2.03. The maximum absolute atomic E-state index is 6.07. The molecule has 70 valence electrons.